The minimum absolute atomic E-state index is 0.135. The summed E-state index contributed by atoms with van der Waals surface area (Å²) in [5.41, 5.74) is 1.14. The Hall–Kier alpha value is -0.670. The summed E-state index contributed by atoms with van der Waals surface area (Å²) in [6.07, 6.45) is -0.266. The number of nitrogens with one attached hydrogen (secondary N) is 1. The summed E-state index contributed by atoms with van der Waals surface area (Å²) in [6, 6.07) is 8.30. The number of benzene rings is 1. The average Bonchev–Trinajstić information content (AvgIpc) is 2.28. The van der Waals surface area contributed by atoms with Gasteiger partial charge in [-0.1, -0.05) is 12.1 Å². The van der Waals surface area contributed by atoms with E-state index >= 15 is 0 Å². The predicted octanol–water partition coefficient (Wildman–Crippen LogP) is 1.95. The number of aliphatic hydroxyl groups is 1. The molecule has 0 aromatic heterocycles. The molecule has 2 N–H and O–H groups in total. The third-order valence-corrected chi connectivity index (χ3v) is 3.43. The van der Waals surface area contributed by atoms with Gasteiger partial charge in [0.2, 0.25) is 0 Å². The molecule has 0 unspecified atom stereocenters. The summed E-state index contributed by atoms with van der Waals surface area (Å²) < 4.78 is 0. The van der Waals surface area contributed by atoms with Crippen molar-refractivity contribution in [1.29, 1.82) is 0 Å². The Kier molecular flexibility index (Phi) is 2.47. The SMILES string of the molecule is C[C@H]1Nc2ccccc2SC[C@@H]1O. The molecule has 2 atom stereocenters. The van der Waals surface area contributed by atoms with Crippen molar-refractivity contribution in [3.8, 4) is 0 Å². The lowest BCUT2D eigenvalue weighted by atomic mass is 10.2. The molecule has 0 saturated carbocycles. The first kappa shape index (κ1) is 8.91. The van der Waals surface area contributed by atoms with E-state index in [2.05, 4.69) is 17.4 Å². The van der Waals surface area contributed by atoms with Gasteiger partial charge < -0.3 is 10.4 Å². The molecule has 0 aliphatic carbocycles. The normalized spacial score (nSPS) is 27.2. The van der Waals surface area contributed by atoms with Gasteiger partial charge >= 0.3 is 0 Å². The van der Waals surface area contributed by atoms with Crippen LogP contribution in [0.25, 0.3) is 0 Å². The number of fused-ring (bicyclic) bond motifs is 1. The Morgan fingerprint density at radius 1 is 1.46 bits per heavy atom. The van der Waals surface area contributed by atoms with Crippen LogP contribution in [0.2, 0.25) is 0 Å². The fourth-order valence-corrected chi connectivity index (χ4v) is 2.47. The number of aliphatic hydroxyl groups excluding tert-OH is 1. The topological polar surface area (TPSA) is 32.3 Å². The van der Waals surface area contributed by atoms with Crippen molar-refractivity contribution < 1.29 is 5.11 Å². The highest BCUT2D eigenvalue weighted by Gasteiger charge is 2.19. The van der Waals surface area contributed by atoms with E-state index in [4.69, 9.17) is 0 Å². The first-order valence-corrected chi connectivity index (χ1v) is 5.42. The van der Waals surface area contributed by atoms with Crippen molar-refractivity contribution in [3.05, 3.63) is 24.3 Å². The molecule has 0 radical (unpaired) electrons. The van der Waals surface area contributed by atoms with Crippen LogP contribution in [0.15, 0.2) is 29.2 Å². The van der Waals surface area contributed by atoms with Crippen LogP contribution in [0.4, 0.5) is 5.69 Å². The number of anilines is 1. The lowest BCUT2D eigenvalue weighted by Crippen LogP contribution is -2.30. The zero-order chi connectivity index (χ0) is 9.26. The van der Waals surface area contributed by atoms with E-state index in [0.717, 1.165) is 11.4 Å². The summed E-state index contributed by atoms with van der Waals surface area (Å²) >= 11 is 1.71. The first-order chi connectivity index (χ1) is 6.27. The van der Waals surface area contributed by atoms with Crippen LogP contribution in [0, 0.1) is 0 Å². The van der Waals surface area contributed by atoms with Crippen molar-refractivity contribution in [2.45, 2.75) is 24.0 Å². The van der Waals surface area contributed by atoms with Crippen molar-refractivity contribution in [1.82, 2.24) is 0 Å². The Labute approximate surface area is 82.4 Å². The molecule has 1 aliphatic rings. The van der Waals surface area contributed by atoms with Crippen LogP contribution in [-0.2, 0) is 0 Å². The summed E-state index contributed by atoms with van der Waals surface area (Å²) in [5, 5.41) is 12.9. The van der Waals surface area contributed by atoms with E-state index < -0.39 is 0 Å². The van der Waals surface area contributed by atoms with Crippen molar-refractivity contribution in [3.63, 3.8) is 0 Å². The highest BCUT2D eigenvalue weighted by Crippen LogP contribution is 2.31. The van der Waals surface area contributed by atoms with Crippen molar-refractivity contribution >= 4 is 17.4 Å². The highest BCUT2D eigenvalue weighted by molar-refractivity contribution is 7.99. The van der Waals surface area contributed by atoms with Gasteiger partial charge in [0.05, 0.1) is 12.1 Å². The Morgan fingerprint density at radius 2 is 2.23 bits per heavy atom. The van der Waals surface area contributed by atoms with E-state index in [1.807, 2.05) is 19.1 Å². The molecule has 3 heteroatoms. The van der Waals surface area contributed by atoms with Gasteiger partial charge in [-0.2, -0.15) is 0 Å². The minimum Gasteiger partial charge on any atom is -0.390 e. The maximum atomic E-state index is 9.65. The summed E-state index contributed by atoms with van der Waals surface area (Å²) in [4.78, 5) is 1.23. The second-order valence-electron chi connectivity index (χ2n) is 3.31. The standard InChI is InChI=1S/C10H13NOS/c1-7-9(12)6-13-10-5-3-2-4-8(10)11-7/h2-5,7,9,11-12H,6H2,1H3/t7-,9+/m1/s1. The van der Waals surface area contributed by atoms with Crippen molar-refractivity contribution in [2.24, 2.45) is 0 Å². The van der Waals surface area contributed by atoms with E-state index in [-0.39, 0.29) is 12.1 Å². The molecule has 0 fully saturated rings. The van der Waals surface area contributed by atoms with E-state index in [9.17, 15) is 5.11 Å². The number of hydrogen-bond donors (Lipinski definition) is 2. The second-order valence-corrected chi connectivity index (χ2v) is 4.37. The molecule has 1 aromatic carbocycles. The average molecular weight is 195 g/mol. The molecule has 0 amide bonds. The van der Waals surface area contributed by atoms with E-state index in [0.29, 0.717) is 0 Å². The molecular weight excluding hydrogens is 182 g/mol. The van der Waals surface area contributed by atoms with Crippen LogP contribution in [0.1, 0.15) is 6.92 Å². The monoisotopic (exact) mass is 195 g/mol. The lowest BCUT2D eigenvalue weighted by molar-refractivity contribution is 0.183. The number of hydrogen-bond acceptors (Lipinski definition) is 3. The molecule has 2 rings (SSSR count). The maximum absolute atomic E-state index is 9.65. The number of para-hydroxylation sites is 1. The lowest BCUT2D eigenvalue weighted by Gasteiger charge is -2.16. The van der Waals surface area contributed by atoms with Crippen LogP contribution in [0.5, 0.6) is 0 Å². The molecule has 1 aromatic rings. The zero-order valence-corrected chi connectivity index (χ0v) is 8.34. The predicted molar refractivity (Wildman–Crippen MR) is 56.3 cm³/mol. The molecule has 0 spiro atoms. The quantitative estimate of drug-likeness (QED) is 0.663. The van der Waals surface area contributed by atoms with Gasteiger partial charge in [-0.25, -0.2) is 0 Å². The van der Waals surface area contributed by atoms with Crippen LogP contribution >= 0.6 is 11.8 Å². The van der Waals surface area contributed by atoms with E-state index in [1.54, 1.807) is 11.8 Å². The molecule has 1 aliphatic heterocycles. The fraction of sp³-hybridized carbons (Fsp3) is 0.400. The molecule has 1 heterocycles. The molecule has 13 heavy (non-hydrogen) atoms. The van der Waals surface area contributed by atoms with Crippen LogP contribution in [0.3, 0.4) is 0 Å². The molecule has 2 nitrogen and oxygen atoms in total. The van der Waals surface area contributed by atoms with Gasteiger partial charge in [0.15, 0.2) is 0 Å². The van der Waals surface area contributed by atoms with Crippen LogP contribution < -0.4 is 5.32 Å². The third kappa shape index (κ3) is 1.81. The van der Waals surface area contributed by atoms with Gasteiger partial charge in [0.1, 0.15) is 0 Å². The fourth-order valence-electron chi connectivity index (χ4n) is 1.37. The Bertz CT molecular complexity index is 303. The molecule has 0 saturated heterocycles. The smallest absolute Gasteiger partial charge is 0.0832 e. The zero-order valence-electron chi connectivity index (χ0n) is 7.53. The summed E-state index contributed by atoms with van der Waals surface area (Å²) in [5.74, 6) is 0.769. The van der Waals surface area contributed by atoms with E-state index in [1.165, 1.54) is 4.90 Å². The Balaban J connectivity index is 2.29. The maximum Gasteiger partial charge on any atom is 0.0832 e. The second kappa shape index (κ2) is 3.60. The van der Waals surface area contributed by atoms with Crippen molar-refractivity contribution in [2.75, 3.05) is 11.1 Å². The molecule has 70 valence electrons. The largest absolute Gasteiger partial charge is 0.390 e. The Morgan fingerprint density at radius 3 is 3.08 bits per heavy atom. The molecular formula is C10H13NOS. The minimum atomic E-state index is -0.266. The summed E-state index contributed by atoms with van der Waals surface area (Å²) in [6.45, 7) is 2.01. The van der Waals surface area contributed by atoms with Gasteiger partial charge in [-0.15, -0.1) is 11.8 Å². The van der Waals surface area contributed by atoms with Crippen LogP contribution in [-0.4, -0.2) is 23.0 Å². The third-order valence-electron chi connectivity index (χ3n) is 2.26. The number of rotatable bonds is 0. The first-order valence-electron chi connectivity index (χ1n) is 4.44. The van der Waals surface area contributed by atoms with Gasteiger partial charge in [0, 0.05) is 16.3 Å². The molecule has 0 bridgehead atoms. The van der Waals surface area contributed by atoms with Gasteiger partial charge in [-0.05, 0) is 19.1 Å². The summed E-state index contributed by atoms with van der Waals surface area (Å²) in [7, 11) is 0. The number of thioether (sulfide) groups is 1. The van der Waals surface area contributed by atoms with Gasteiger partial charge in [-0.3, -0.25) is 0 Å². The van der Waals surface area contributed by atoms with Gasteiger partial charge in [0.25, 0.3) is 0 Å². The highest BCUT2D eigenvalue weighted by atomic mass is 32.2.